The molecule has 1 saturated carbocycles. The fraction of sp³-hybridized carbons (Fsp3) is 0.538. The van der Waals surface area contributed by atoms with Crippen molar-refractivity contribution in [1.29, 1.82) is 0 Å². The van der Waals surface area contributed by atoms with E-state index in [1.807, 2.05) is 0 Å². The van der Waals surface area contributed by atoms with Crippen LogP contribution in [0.5, 0.6) is 0 Å². The van der Waals surface area contributed by atoms with Gasteiger partial charge in [0.15, 0.2) is 0 Å². The van der Waals surface area contributed by atoms with Crippen molar-refractivity contribution >= 4 is 0 Å². The van der Waals surface area contributed by atoms with Crippen LogP contribution in [0.3, 0.4) is 0 Å². The first-order chi connectivity index (χ1) is 8.38. The van der Waals surface area contributed by atoms with E-state index in [1.165, 1.54) is 6.07 Å². The Morgan fingerprint density at radius 1 is 1.33 bits per heavy atom. The molecule has 1 fully saturated rings. The van der Waals surface area contributed by atoms with Crippen molar-refractivity contribution in [3.63, 3.8) is 0 Å². The van der Waals surface area contributed by atoms with Crippen LogP contribution in [0.4, 0.5) is 17.6 Å². The topological polar surface area (TPSA) is 12.0 Å². The van der Waals surface area contributed by atoms with Gasteiger partial charge in [0, 0.05) is 6.54 Å². The molecule has 0 amide bonds. The van der Waals surface area contributed by atoms with Crippen molar-refractivity contribution in [3.8, 4) is 0 Å². The molecule has 0 bridgehead atoms. The molecule has 0 radical (unpaired) electrons. The molecule has 0 aromatic heterocycles. The average molecular weight is 261 g/mol. The Morgan fingerprint density at radius 2 is 2.00 bits per heavy atom. The Labute approximate surface area is 103 Å². The number of rotatable bonds is 4. The quantitative estimate of drug-likeness (QED) is 0.817. The molecule has 0 spiro atoms. The number of benzene rings is 1. The van der Waals surface area contributed by atoms with E-state index in [9.17, 15) is 17.6 Å². The monoisotopic (exact) mass is 261 g/mol. The van der Waals surface area contributed by atoms with Crippen LogP contribution in [0.15, 0.2) is 18.2 Å². The lowest BCUT2D eigenvalue weighted by Crippen LogP contribution is -2.20. The van der Waals surface area contributed by atoms with Crippen molar-refractivity contribution in [1.82, 2.24) is 5.32 Å². The molecule has 1 aliphatic carbocycles. The number of halogens is 4. The summed E-state index contributed by atoms with van der Waals surface area (Å²) >= 11 is 0. The summed E-state index contributed by atoms with van der Waals surface area (Å²) in [6, 6.07) is 2.81. The highest BCUT2D eigenvalue weighted by molar-refractivity contribution is 5.30. The van der Waals surface area contributed by atoms with Crippen LogP contribution in [0.25, 0.3) is 0 Å². The van der Waals surface area contributed by atoms with Gasteiger partial charge in [0.2, 0.25) is 0 Å². The normalized spacial score (nSPS) is 23.2. The SMILES string of the molecule is CC1CC1CNCc1ccc(F)cc1C(F)(F)F. The number of hydrogen-bond acceptors (Lipinski definition) is 1. The smallest absolute Gasteiger partial charge is 0.312 e. The van der Waals surface area contributed by atoms with Crippen LogP contribution in [-0.2, 0) is 12.7 Å². The van der Waals surface area contributed by atoms with Crippen LogP contribution in [-0.4, -0.2) is 6.54 Å². The van der Waals surface area contributed by atoms with E-state index < -0.39 is 17.6 Å². The molecular weight excluding hydrogens is 246 g/mol. The second kappa shape index (κ2) is 4.88. The van der Waals surface area contributed by atoms with Crippen molar-refractivity contribution in [2.45, 2.75) is 26.1 Å². The van der Waals surface area contributed by atoms with Crippen molar-refractivity contribution < 1.29 is 17.6 Å². The zero-order chi connectivity index (χ0) is 13.3. The van der Waals surface area contributed by atoms with Gasteiger partial charge in [0.05, 0.1) is 5.56 Å². The van der Waals surface area contributed by atoms with Gasteiger partial charge in [0.1, 0.15) is 5.82 Å². The second-order valence-electron chi connectivity index (χ2n) is 4.90. The van der Waals surface area contributed by atoms with Crippen molar-refractivity contribution in [2.75, 3.05) is 6.54 Å². The summed E-state index contributed by atoms with van der Waals surface area (Å²) in [7, 11) is 0. The Balaban J connectivity index is 2.02. The van der Waals surface area contributed by atoms with Crippen LogP contribution in [0.1, 0.15) is 24.5 Å². The Morgan fingerprint density at radius 3 is 2.56 bits per heavy atom. The first kappa shape index (κ1) is 13.3. The van der Waals surface area contributed by atoms with Gasteiger partial charge in [-0.25, -0.2) is 4.39 Å². The van der Waals surface area contributed by atoms with E-state index in [0.717, 1.165) is 19.0 Å². The van der Waals surface area contributed by atoms with E-state index in [1.54, 1.807) is 0 Å². The van der Waals surface area contributed by atoms with Crippen LogP contribution < -0.4 is 5.32 Å². The van der Waals surface area contributed by atoms with Crippen molar-refractivity contribution in [2.24, 2.45) is 11.8 Å². The van der Waals surface area contributed by atoms with Gasteiger partial charge in [-0.15, -0.1) is 0 Å². The maximum atomic E-state index is 12.9. The molecule has 5 heteroatoms. The highest BCUT2D eigenvalue weighted by Crippen LogP contribution is 2.37. The molecule has 0 heterocycles. The van der Waals surface area contributed by atoms with Gasteiger partial charge in [0.25, 0.3) is 0 Å². The first-order valence-electron chi connectivity index (χ1n) is 5.94. The molecule has 0 saturated heterocycles. The third-order valence-corrected chi connectivity index (χ3v) is 3.38. The molecule has 2 atom stereocenters. The molecule has 18 heavy (non-hydrogen) atoms. The standard InChI is InChI=1S/C13H15F4N/c1-8-4-10(8)7-18-6-9-2-3-11(14)5-12(9)13(15,16)17/h2-3,5,8,10,18H,4,6-7H2,1H3. The van der Waals surface area contributed by atoms with Crippen LogP contribution in [0, 0.1) is 17.7 Å². The number of hydrogen-bond donors (Lipinski definition) is 1. The van der Waals surface area contributed by atoms with Gasteiger partial charge in [-0.05, 0) is 42.5 Å². The lowest BCUT2D eigenvalue weighted by atomic mass is 10.1. The minimum atomic E-state index is -4.51. The predicted octanol–water partition coefficient (Wildman–Crippen LogP) is 3.59. The Bertz CT molecular complexity index is 427. The predicted molar refractivity (Wildman–Crippen MR) is 60.4 cm³/mol. The highest BCUT2D eigenvalue weighted by Gasteiger charge is 2.34. The minimum Gasteiger partial charge on any atom is -0.312 e. The van der Waals surface area contributed by atoms with E-state index >= 15 is 0 Å². The molecule has 100 valence electrons. The Hall–Kier alpha value is -1.10. The second-order valence-corrected chi connectivity index (χ2v) is 4.90. The zero-order valence-corrected chi connectivity index (χ0v) is 10.0. The highest BCUT2D eigenvalue weighted by atomic mass is 19.4. The summed E-state index contributed by atoms with van der Waals surface area (Å²) in [5.74, 6) is 0.370. The van der Waals surface area contributed by atoms with Crippen molar-refractivity contribution in [3.05, 3.63) is 35.1 Å². The maximum absolute atomic E-state index is 12.9. The van der Waals surface area contributed by atoms with Gasteiger partial charge < -0.3 is 5.32 Å². The van der Waals surface area contributed by atoms with Gasteiger partial charge in [-0.3, -0.25) is 0 Å². The number of alkyl halides is 3. The Kier molecular flexibility index (Phi) is 3.61. The molecule has 2 unspecified atom stereocenters. The van der Waals surface area contributed by atoms with Crippen LogP contribution >= 0.6 is 0 Å². The lowest BCUT2D eigenvalue weighted by Gasteiger charge is -2.13. The number of nitrogens with one attached hydrogen (secondary N) is 1. The van der Waals surface area contributed by atoms with Gasteiger partial charge in [-0.2, -0.15) is 13.2 Å². The molecular formula is C13H15F4N. The molecule has 0 aliphatic heterocycles. The van der Waals surface area contributed by atoms with E-state index in [0.29, 0.717) is 17.9 Å². The summed E-state index contributed by atoms with van der Waals surface area (Å²) in [5.41, 5.74) is -0.795. The zero-order valence-electron chi connectivity index (χ0n) is 10.0. The molecule has 1 aromatic rings. The third-order valence-electron chi connectivity index (χ3n) is 3.38. The van der Waals surface area contributed by atoms with E-state index in [2.05, 4.69) is 12.2 Å². The van der Waals surface area contributed by atoms with Gasteiger partial charge >= 0.3 is 6.18 Å². The van der Waals surface area contributed by atoms with Crippen LogP contribution in [0.2, 0.25) is 0 Å². The summed E-state index contributed by atoms with van der Waals surface area (Å²) in [6.45, 7) is 2.96. The fourth-order valence-electron chi connectivity index (χ4n) is 2.04. The van der Waals surface area contributed by atoms with Gasteiger partial charge in [-0.1, -0.05) is 13.0 Å². The third kappa shape index (κ3) is 3.22. The first-order valence-corrected chi connectivity index (χ1v) is 5.94. The summed E-state index contributed by atoms with van der Waals surface area (Å²) in [6.07, 6.45) is -3.38. The lowest BCUT2D eigenvalue weighted by molar-refractivity contribution is -0.138. The molecule has 1 N–H and O–H groups in total. The largest absolute Gasteiger partial charge is 0.416 e. The molecule has 1 aromatic carbocycles. The summed E-state index contributed by atoms with van der Waals surface area (Å²) < 4.78 is 51.0. The molecule has 2 rings (SSSR count). The minimum absolute atomic E-state index is 0.0946. The summed E-state index contributed by atoms with van der Waals surface area (Å²) in [5, 5.41) is 3.00. The van der Waals surface area contributed by atoms with E-state index in [4.69, 9.17) is 0 Å². The molecule has 1 aliphatic rings. The van der Waals surface area contributed by atoms with E-state index in [-0.39, 0.29) is 12.1 Å². The fourth-order valence-corrected chi connectivity index (χ4v) is 2.04. The average Bonchev–Trinajstić information content (AvgIpc) is 2.95. The summed E-state index contributed by atoms with van der Waals surface area (Å²) in [4.78, 5) is 0. The maximum Gasteiger partial charge on any atom is 0.416 e. The molecule has 1 nitrogen and oxygen atoms in total.